The van der Waals surface area contributed by atoms with E-state index >= 15 is 0 Å². The number of rotatable bonds is 14. The van der Waals surface area contributed by atoms with E-state index in [0.29, 0.717) is 0 Å². The maximum Gasteiger partial charge on any atom is 2.00 e. The standard InChI is InChI=1S/2C14H23NS.Zn/c2*1-2-3-4-5-6-7-8-12-9-10-13(15)14(16)11-12;/h2*9-11,16H,2-8,15H2,1H3;/q;;+2/p-2. The zero-order valence-corrected chi connectivity index (χ0v) is 25.6. The largest absolute Gasteiger partial charge is 2.00 e. The van der Waals surface area contributed by atoms with Gasteiger partial charge in [-0.15, -0.1) is 0 Å². The Morgan fingerprint density at radius 1 is 0.545 bits per heavy atom. The summed E-state index contributed by atoms with van der Waals surface area (Å²) in [6.07, 6.45) is 18.3. The molecule has 0 radical (unpaired) electrons. The minimum Gasteiger partial charge on any atom is -0.778 e. The molecule has 0 spiro atoms. The van der Waals surface area contributed by atoms with Gasteiger partial charge in [-0.1, -0.05) is 102 Å². The number of nitrogen functional groups attached to an aromatic ring is 2. The van der Waals surface area contributed by atoms with Gasteiger partial charge in [0.05, 0.1) is 0 Å². The van der Waals surface area contributed by atoms with Gasteiger partial charge in [0.1, 0.15) is 0 Å². The first-order valence-corrected chi connectivity index (χ1v) is 13.4. The van der Waals surface area contributed by atoms with Crippen LogP contribution in [0.15, 0.2) is 46.2 Å². The number of hydrogen-bond donors (Lipinski definition) is 2. The number of benzene rings is 2. The third-order valence-corrected chi connectivity index (χ3v) is 6.50. The normalized spacial score (nSPS) is 10.2. The number of unbranched alkanes of at least 4 members (excludes halogenated alkanes) is 10. The van der Waals surface area contributed by atoms with Crippen molar-refractivity contribution < 1.29 is 19.5 Å². The first-order chi connectivity index (χ1) is 15.5. The molecule has 0 saturated heterocycles. The van der Waals surface area contributed by atoms with E-state index in [1.807, 2.05) is 24.3 Å². The number of aryl methyl sites for hydroxylation is 2. The maximum absolute atomic E-state index is 5.69. The summed E-state index contributed by atoms with van der Waals surface area (Å²) in [5.74, 6) is 0. The average molecular weight is 538 g/mol. The molecule has 0 unspecified atom stereocenters. The van der Waals surface area contributed by atoms with Crippen LogP contribution in [0, 0.1) is 0 Å². The van der Waals surface area contributed by atoms with Gasteiger partial charge in [-0.05, 0) is 48.9 Å². The molecule has 0 aromatic heterocycles. The molecule has 2 nitrogen and oxygen atoms in total. The monoisotopic (exact) mass is 536 g/mol. The molecule has 4 N–H and O–H groups in total. The molecule has 0 atom stereocenters. The quantitative estimate of drug-likeness (QED) is 0.110. The van der Waals surface area contributed by atoms with Crippen LogP contribution in [0.5, 0.6) is 0 Å². The third kappa shape index (κ3) is 15.6. The van der Waals surface area contributed by atoms with Gasteiger partial charge in [0, 0.05) is 11.4 Å². The predicted octanol–water partition coefficient (Wildman–Crippen LogP) is 8.15. The van der Waals surface area contributed by atoms with Crippen LogP contribution in [-0.2, 0) is 57.6 Å². The smallest absolute Gasteiger partial charge is 0.778 e. The Morgan fingerprint density at radius 2 is 0.879 bits per heavy atom. The predicted molar refractivity (Wildman–Crippen MR) is 147 cm³/mol. The van der Waals surface area contributed by atoms with E-state index in [-0.39, 0.29) is 19.5 Å². The molecular weight excluding hydrogens is 494 g/mol. The van der Waals surface area contributed by atoms with Crippen LogP contribution in [0.3, 0.4) is 0 Å². The van der Waals surface area contributed by atoms with Crippen molar-refractivity contribution in [2.45, 2.75) is 114 Å². The fourth-order valence-electron chi connectivity index (χ4n) is 3.69. The number of hydrogen-bond acceptors (Lipinski definition) is 4. The van der Waals surface area contributed by atoms with Gasteiger partial charge in [0.15, 0.2) is 0 Å². The summed E-state index contributed by atoms with van der Waals surface area (Å²) >= 11 is 10.3. The minimum atomic E-state index is 0. The fraction of sp³-hybridized carbons (Fsp3) is 0.571. The van der Waals surface area contributed by atoms with Crippen molar-refractivity contribution in [1.82, 2.24) is 0 Å². The van der Waals surface area contributed by atoms with E-state index in [1.54, 1.807) is 0 Å². The van der Waals surface area contributed by atoms with Crippen LogP contribution in [-0.4, -0.2) is 0 Å². The number of anilines is 2. The summed E-state index contributed by atoms with van der Waals surface area (Å²) < 4.78 is 0. The van der Waals surface area contributed by atoms with Gasteiger partial charge >= 0.3 is 19.5 Å². The molecule has 0 aliphatic rings. The average Bonchev–Trinajstić information content (AvgIpc) is 2.78. The second-order valence-corrected chi connectivity index (χ2v) is 9.66. The van der Waals surface area contributed by atoms with Crippen LogP contribution >= 0.6 is 0 Å². The van der Waals surface area contributed by atoms with Crippen LogP contribution in [0.25, 0.3) is 0 Å². The van der Waals surface area contributed by atoms with E-state index < -0.39 is 0 Å². The molecule has 0 heterocycles. The van der Waals surface area contributed by atoms with Gasteiger partial charge in [0.25, 0.3) is 0 Å². The topological polar surface area (TPSA) is 52.0 Å². The van der Waals surface area contributed by atoms with Gasteiger partial charge in [-0.25, -0.2) is 0 Å². The van der Waals surface area contributed by atoms with Crippen molar-refractivity contribution in [1.29, 1.82) is 0 Å². The molecule has 0 saturated carbocycles. The molecule has 0 amide bonds. The van der Waals surface area contributed by atoms with Gasteiger partial charge in [-0.2, -0.15) is 9.79 Å². The molecule has 33 heavy (non-hydrogen) atoms. The van der Waals surface area contributed by atoms with Crippen LogP contribution in [0.1, 0.15) is 102 Å². The first-order valence-electron chi connectivity index (χ1n) is 12.6. The maximum atomic E-state index is 5.69. The molecule has 0 aliphatic heterocycles. The summed E-state index contributed by atoms with van der Waals surface area (Å²) in [6.45, 7) is 4.50. The van der Waals surface area contributed by atoms with Crippen molar-refractivity contribution in [3.63, 3.8) is 0 Å². The summed E-state index contributed by atoms with van der Waals surface area (Å²) in [4.78, 5) is 1.59. The van der Waals surface area contributed by atoms with E-state index in [0.717, 1.165) is 34.0 Å². The minimum absolute atomic E-state index is 0. The zero-order chi connectivity index (χ0) is 23.6. The molecule has 0 bridgehead atoms. The first kappa shape index (κ1) is 32.1. The van der Waals surface area contributed by atoms with Gasteiger partial charge in [0.2, 0.25) is 0 Å². The molecule has 180 valence electrons. The van der Waals surface area contributed by atoms with Gasteiger partial charge < -0.3 is 36.7 Å². The molecular formula is C28H44N2S2Zn. The van der Waals surface area contributed by atoms with Crippen molar-refractivity contribution >= 4 is 36.6 Å². The Bertz CT molecular complexity index is 689. The second-order valence-electron chi connectivity index (χ2n) is 8.78. The summed E-state index contributed by atoms with van der Waals surface area (Å²) in [6, 6.07) is 12.1. The van der Waals surface area contributed by atoms with Crippen molar-refractivity contribution in [2.24, 2.45) is 0 Å². The zero-order valence-electron chi connectivity index (χ0n) is 21.0. The summed E-state index contributed by atoms with van der Waals surface area (Å²) in [5, 5.41) is 0. The number of nitrogens with two attached hydrogens (primary N) is 2. The Hall–Kier alpha value is -0.897. The van der Waals surface area contributed by atoms with Crippen LogP contribution in [0.4, 0.5) is 11.4 Å². The van der Waals surface area contributed by atoms with Gasteiger partial charge in [-0.3, -0.25) is 0 Å². The Labute approximate surface area is 227 Å². The molecule has 2 aromatic rings. The molecule has 5 heteroatoms. The van der Waals surface area contributed by atoms with E-state index in [9.17, 15) is 0 Å². The molecule has 0 fully saturated rings. The molecule has 0 aliphatic carbocycles. The van der Waals surface area contributed by atoms with Crippen molar-refractivity contribution in [3.05, 3.63) is 47.5 Å². The van der Waals surface area contributed by atoms with E-state index in [1.165, 1.54) is 88.2 Å². The molecule has 2 aromatic carbocycles. The van der Waals surface area contributed by atoms with Crippen LogP contribution in [0.2, 0.25) is 0 Å². The SMILES string of the molecule is CCCCCCCCc1ccc(N)c([S-])c1.CCCCCCCCc1ccc(N)c([S-])c1.[Zn+2]. The Balaban J connectivity index is 0.000000602. The van der Waals surface area contributed by atoms with Crippen molar-refractivity contribution in [3.8, 4) is 0 Å². The van der Waals surface area contributed by atoms with Crippen LogP contribution < -0.4 is 11.5 Å². The summed E-state index contributed by atoms with van der Waals surface area (Å²) in [7, 11) is 0. The second kappa shape index (κ2) is 20.5. The fourth-order valence-corrected chi connectivity index (χ4v) is 4.13. The summed E-state index contributed by atoms with van der Waals surface area (Å²) in [5.41, 5.74) is 15.5. The Kier molecular flexibility index (Phi) is 19.9. The Morgan fingerprint density at radius 3 is 1.21 bits per heavy atom. The van der Waals surface area contributed by atoms with E-state index in [2.05, 4.69) is 26.0 Å². The third-order valence-electron chi connectivity index (χ3n) is 5.79. The van der Waals surface area contributed by atoms with Crippen molar-refractivity contribution in [2.75, 3.05) is 11.5 Å². The van der Waals surface area contributed by atoms with E-state index in [4.69, 9.17) is 36.7 Å². The molecule has 2 rings (SSSR count).